The van der Waals surface area contributed by atoms with Crippen molar-refractivity contribution in [2.24, 2.45) is 5.11 Å². The molecule has 3 aromatic carbocycles. The number of nitrogens with one attached hydrogen (secondary N) is 1. The molecule has 338 valence electrons. The van der Waals surface area contributed by atoms with Crippen LogP contribution in [-0.2, 0) is 81.5 Å². The lowest BCUT2D eigenvalue weighted by molar-refractivity contribution is -0.342. The van der Waals surface area contributed by atoms with Crippen molar-refractivity contribution in [1.82, 2.24) is 0 Å². The Morgan fingerprint density at radius 2 is 1.32 bits per heavy atom. The number of benzene rings is 3. The predicted octanol–water partition coefficient (Wildman–Crippen LogP) is 7.06. The van der Waals surface area contributed by atoms with E-state index in [-0.39, 0.29) is 26.4 Å². The van der Waals surface area contributed by atoms with Gasteiger partial charge in [0.15, 0.2) is 18.5 Å². The Bertz CT molecular complexity index is 2010. The molecule has 0 radical (unpaired) electrons. The maximum Gasteiger partial charge on any atom is 0.509 e. The molecule has 0 amide bonds. The Balaban J connectivity index is 1.62. The van der Waals surface area contributed by atoms with Crippen molar-refractivity contribution in [2.45, 2.75) is 91.9 Å². The molecule has 0 bridgehead atoms. The highest BCUT2D eigenvalue weighted by atomic mass is 35.6. The van der Waals surface area contributed by atoms with Crippen molar-refractivity contribution in [3.05, 3.63) is 131 Å². The van der Waals surface area contributed by atoms with Crippen LogP contribution >= 0.6 is 34.8 Å². The average Bonchev–Trinajstić information content (AvgIpc) is 3.28. The van der Waals surface area contributed by atoms with Crippen LogP contribution in [0.5, 0.6) is 0 Å². The topological polar surface area (TPSA) is 225 Å². The van der Waals surface area contributed by atoms with E-state index in [1.54, 1.807) is 30.3 Å². The maximum absolute atomic E-state index is 13.7. The molecule has 0 unspecified atom stereocenters. The SMILES string of the molecule is C=CCOC(=O)O[C@H]1[C@@H](OC(=N)C(Cl)(Cl)Cl)O[C@H](C(=O)OC)[C@@H](O[C@H]2O[C@H](COC(C)=O)[C@@H](OCc3ccccc3)[C@H](OCc3ccccc3)[C@H]2N=[N+]=[N-])[C@@H]1OCc1ccccc1. The van der Waals surface area contributed by atoms with E-state index in [1.165, 1.54) is 13.0 Å². The van der Waals surface area contributed by atoms with Crippen molar-refractivity contribution in [3.8, 4) is 0 Å². The second-order valence-electron chi connectivity index (χ2n) is 13.8. The number of carbonyl (C=O) groups excluding carboxylic acids is 3. The Labute approximate surface area is 377 Å². The summed E-state index contributed by atoms with van der Waals surface area (Å²) in [5.74, 6) is -2.70. The van der Waals surface area contributed by atoms with Gasteiger partial charge in [-0.25, -0.2) is 9.59 Å². The van der Waals surface area contributed by atoms with Gasteiger partial charge in [0.05, 0.1) is 26.9 Å². The number of alkyl halides is 3. The zero-order valence-electron chi connectivity index (χ0n) is 33.9. The molecular weight excluding hydrogens is 891 g/mol. The molecule has 2 aliphatic rings. The standard InChI is InChI=1S/C42H45Cl3N4O14/c1-4-20-54-41(52)62-36-33(58-23-28-18-12-7-13-19-28)34(35(37(51)53-3)61-39(36)63-40(46)42(43,44)45)60-38-30(48-49-47)32(57-22-27-16-10-6-11-17-27)31(29(59-38)24-55-25(2)50)56-21-26-14-8-5-9-15-26/h4-19,29-36,38-39,46H,1,20-24H2,2-3H3/t29-,30-,31-,32-,33+,34+,35+,36-,38-,39-/m1/s1. The maximum atomic E-state index is 13.7. The summed E-state index contributed by atoms with van der Waals surface area (Å²) in [4.78, 5) is 42.2. The summed E-state index contributed by atoms with van der Waals surface area (Å²) in [7, 11) is 1.06. The van der Waals surface area contributed by atoms with E-state index in [0.717, 1.165) is 18.2 Å². The molecule has 2 heterocycles. The summed E-state index contributed by atoms with van der Waals surface area (Å²) in [6.07, 6.45) is -13.9. The van der Waals surface area contributed by atoms with Gasteiger partial charge in [-0.2, -0.15) is 0 Å². The first-order valence-electron chi connectivity index (χ1n) is 19.3. The fraction of sp³-hybridized carbons (Fsp3) is 0.429. The number of azide groups is 1. The van der Waals surface area contributed by atoms with Crippen LogP contribution in [0.1, 0.15) is 23.6 Å². The van der Waals surface area contributed by atoms with Gasteiger partial charge in [0.25, 0.3) is 3.79 Å². The summed E-state index contributed by atoms with van der Waals surface area (Å²) < 4.78 is 63.0. The van der Waals surface area contributed by atoms with E-state index < -0.39 is 95.7 Å². The third-order valence-corrected chi connectivity index (χ3v) is 9.88. The second kappa shape index (κ2) is 24.2. The Kier molecular flexibility index (Phi) is 18.8. The third-order valence-electron chi connectivity index (χ3n) is 9.37. The highest BCUT2D eigenvalue weighted by Gasteiger charge is 2.58. The zero-order chi connectivity index (χ0) is 45.4. The number of esters is 2. The average molecular weight is 936 g/mol. The number of rotatable bonds is 19. The smallest absolute Gasteiger partial charge is 0.467 e. The number of hydrogen-bond acceptors (Lipinski definition) is 16. The normalized spacial score (nSPS) is 25.7. The Hall–Kier alpha value is -4.98. The number of nitrogens with zero attached hydrogens (tertiary/aromatic N) is 3. The molecule has 0 spiro atoms. The van der Waals surface area contributed by atoms with Crippen LogP contribution in [0, 0.1) is 5.41 Å². The highest BCUT2D eigenvalue weighted by Crippen LogP contribution is 2.38. The van der Waals surface area contributed by atoms with Crippen molar-refractivity contribution >= 4 is 58.8 Å². The monoisotopic (exact) mass is 934 g/mol. The molecule has 63 heavy (non-hydrogen) atoms. The number of ether oxygens (including phenoxy) is 11. The number of carbonyl (C=O) groups is 3. The summed E-state index contributed by atoms with van der Waals surface area (Å²) >= 11 is 17.9. The van der Waals surface area contributed by atoms with Crippen molar-refractivity contribution in [1.29, 1.82) is 5.41 Å². The largest absolute Gasteiger partial charge is 0.509 e. The van der Waals surface area contributed by atoms with Gasteiger partial charge < -0.3 is 52.1 Å². The van der Waals surface area contributed by atoms with Gasteiger partial charge in [0.2, 0.25) is 12.2 Å². The lowest BCUT2D eigenvalue weighted by atomic mass is 9.95. The lowest BCUT2D eigenvalue weighted by Gasteiger charge is -2.48. The lowest BCUT2D eigenvalue weighted by Crippen LogP contribution is -2.67. The van der Waals surface area contributed by atoms with Gasteiger partial charge >= 0.3 is 18.1 Å². The predicted molar refractivity (Wildman–Crippen MR) is 224 cm³/mol. The van der Waals surface area contributed by atoms with Crippen LogP contribution in [0.25, 0.3) is 10.4 Å². The summed E-state index contributed by atoms with van der Waals surface area (Å²) in [5.41, 5.74) is 12.2. The van der Waals surface area contributed by atoms with Gasteiger partial charge in [-0.3, -0.25) is 10.2 Å². The van der Waals surface area contributed by atoms with Gasteiger partial charge in [-0.05, 0) is 22.2 Å². The fourth-order valence-electron chi connectivity index (χ4n) is 6.50. The molecule has 0 aliphatic carbocycles. The zero-order valence-corrected chi connectivity index (χ0v) is 36.2. The molecule has 2 aliphatic heterocycles. The van der Waals surface area contributed by atoms with Crippen LogP contribution in [0.15, 0.2) is 109 Å². The van der Waals surface area contributed by atoms with E-state index >= 15 is 0 Å². The van der Waals surface area contributed by atoms with Crippen LogP contribution < -0.4 is 0 Å². The van der Waals surface area contributed by atoms with E-state index in [9.17, 15) is 19.9 Å². The number of halogens is 3. The summed E-state index contributed by atoms with van der Waals surface area (Å²) in [5, 5.41) is 12.4. The third kappa shape index (κ3) is 14.3. The van der Waals surface area contributed by atoms with E-state index in [0.29, 0.717) is 5.56 Å². The Morgan fingerprint density at radius 1 is 0.778 bits per heavy atom. The highest BCUT2D eigenvalue weighted by molar-refractivity contribution is 6.76. The van der Waals surface area contributed by atoms with E-state index in [2.05, 4.69) is 16.6 Å². The minimum Gasteiger partial charge on any atom is -0.467 e. The van der Waals surface area contributed by atoms with E-state index in [4.69, 9.17) is 92.3 Å². The van der Waals surface area contributed by atoms with Crippen molar-refractivity contribution < 1.29 is 66.5 Å². The minimum absolute atomic E-state index is 0.0157. The first-order chi connectivity index (χ1) is 30.3. The molecule has 2 saturated heterocycles. The first-order valence-corrected chi connectivity index (χ1v) is 20.4. The molecular formula is C42H45Cl3N4O14. The quantitative estimate of drug-likeness (QED) is 0.0146. The van der Waals surface area contributed by atoms with Crippen LogP contribution in [0.2, 0.25) is 0 Å². The van der Waals surface area contributed by atoms with Crippen LogP contribution in [0.4, 0.5) is 4.79 Å². The number of hydrogen-bond donors (Lipinski definition) is 1. The fourth-order valence-corrected chi connectivity index (χ4v) is 6.63. The van der Waals surface area contributed by atoms with Crippen LogP contribution in [-0.4, -0.2) is 109 Å². The summed E-state index contributed by atoms with van der Waals surface area (Å²) in [6.45, 7) is 3.88. The first kappa shape index (κ1) is 49.0. The van der Waals surface area contributed by atoms with E-state index in [1.807, 2.05) is 60.7 Å². The second-order valence-corrected chi connectivity index (χ2v) is 16.0. The summed E-state index contributed by atoms with van der Waals surface area (Å²) in [6, 6.07) is 25.6. The van der Waals surface area contributed by atoms with Crippen LogP contribution in [0.3, 0.4) is 0 Å². The molecule has 5 rings (SSSR count). The molecule has 10 atom stereocenters. The van der Waals surface area contributed by atoms with Gasteiger partial charge in [-0.15, -0.1) is 0 Å². The molecule has 0 aromatic heterocycles. The molecule has 3 aromatic rings. The molecule has 0 saturated carbocycles. The molecule has 1 N–H and O–H groups in total. The minimum atomic E-state index is -2.45. The molecule has 21 heteroatoms. The van der Waals surface area contributed by atoms with Crippen molar-refractivity contribution in [3.63, 3.8) is 0 Å². The van der Waals surface area contributed by atoms with Gasteiger partial charge in [0, 0.05) is 11.8 Å². The Morgan fingerprint density at radius 3 is 1.81 bits per heavy atom. The van der Waals surface area contributed by atoms with Gasteiger partial charge in [0.1, 0.15) is 49.8 Å². The van der Waals surface area contributed by atoms with Gasteiger partial charge in [-0.1, -0.05) is 144 Å². The molecule has 2 fully saturated rings. The number of methoxy groups -OCH3 is 1. The molecule has 18 nitrogen and oxygen atoms in total. The van der Waals surface area contributed by atoms with Crippen molar-refractivity contribution in [2.75, 3.05) is 20.3 Å².